The summed E-state index contributed by atoms with van der Waals surface area (Å²) in [5, 5.41) is 0. The van der Waals surface area contributed by atoms with Crippen LogP contribution >= 0.6 is 0 Å². The van der Waals surface area contributed by atoms with Gasteiger partial charge in [0.05, 0.1) is 16.9 Å². The third-order valence-corrected chi connectivity index (χ3v) is 2.67. The third-order valence-electron chi connectivity index (χ3n) is 2.67. The Morgan fingerprint density at radius 2 is 1.65 bits per heavy atom. The molecule has 1 aromatic carbocycles. The fraction of sp³-hybridized carbons (Fsp3) is 0.0769. The minimum atomic E-state index is -4.40. The Bertz CT molecular complexity index is 651. The van der Waals surface area contributed by atoms with E-state index in [-0.39, 0.29) is 11.4 Å². The molecule has 1 aromatic heterocycles. The van der Waals surface area contributed by atoms with Crippen LogP contribution < -0.4 is 11.5 Å². The Morgan fingerprint density at radius 1 is 1.05 bits per heavy atom. The van der Waals surface area contributed by atoms with Crippen LogP contribution in [0, 0.1) is 0 Å². The fourth-order valence-electron chi connectivity index (χ4n) is 1.66. The lowest BCUT2D eigenvalue weighted by molar-refractivity contribution is -0.137. The molecule has 0 aliphatic heterocycles. The molecule has 0 radical (unpaired) electrons. The second kappa shape index (κ2) is 4.84. The van der Waals surface area contributed by atoms with E-state index in [0.29, 0.717) is 11.3 Å². The number of alkyl halides is 3. The molecule has 104 valence electrons. The monoisotopic (exact) mass is 281 g/mol. The van der Waals surface area contributed by atoms with Gasteiger partial charge in [-0.05, 0) is 24.3 Å². The highest BCUT2D eigenvalue weighted by Crippen LogP contribution is 2.30. The van der Waals surface area contributed by atoms with E-state index >= 15 is 0 Å². The zero-order valence-corrected chi connectivity index (χ0v) is 10.1. The SMILES string of the molecule is NC(=O)c1nc(-c2ccc(C(F)(F)F)cc2)ccc1N. The highest BCUT2D eigenvalue weighted by molar-refractivity contribution is 5.96. The molecule has 0 saturated heterocycles. The smallest absolute Gasteiger partial charge is 0.397 e. The Labute approximate surface area is 112 Å². The summed E-state index contributed by atoms with van der Waals surface area (Å²) < 4.78 is 37.4. The number of nitrogens with zero attached hydrogens (tertiary/aromatic N) is 1. The molecular formula is C13H10F3N3O. The van der Waals surface area contributed by atoms with Crippen LogP contribution in [-0.2, 0) is 6.18 Å². The summed E-state index contributed by atoms with van der Waals surface area (Å²) in [5.41, 5.74) is 10.7. The van der Waals surface area contributed by atoms with Gasteiger partial charge in [0.1, 0.15) is 0 Å². The lowest BCUT2D eigenvalue weighted by Gasteiger charge is -2.08. The van der Waals surface area contributed by atoms with E-state index in [9.17, 15) is 18.0 Å². The Balaban J connectivity index is 2.42. The quantitative estimate of drug-likeness (QED) is 0.887. The van der Waals surface area contributed by atoms with E-state index < -0.39 is 17.6 Å². The van der Waals surface area contributed by atoms with Gasteiger partial charge in [-0.2, -0.15) is 13.2 Å². The molecule has 0 aliphatic carbocycles. The number of carbonyl (C=O) groups excluding carboxylic acids is 1. The number of carbonyl (C=O) groups is 1. The Kier molecular flexibility index (Phi) is 3.35. The highest BCUT2D eigenvalue weighted by Gasteiger charge is 2.30. The van der Waals surface area contributed by atoms with E-state index in [1.54, 1.807) is 0 Å². The van der Waals surface area contributed by atoms with Crippen molar-refractivity contribution < 1.29 is 18.0 Å². The van der Waals surface area contributed by atoms with Gasteiger partial charge >= 0.3 is 6.18 Å². The van der Waals surface area contributed by atoms with Crippen molar-refractivity contribution in [3.05, 3.63) is 47.7 Å². The molecule has 0 unspecified atom stereocenters. The summed E-state index contributed by atoms with van der Waals surface area (Å²) >= 11 is 0. The van der Waals surface area contributed by atoms with Crippen LogP contribution in [0.3, 0.4) is 0 Å². The molecule has 0 atom stereocenters. The molecule has 4 nitrogen and oxygen atoms in total. The number of rotatable bonds is 2. The van der Waals surface area contributed by atoms with Gasteiger partial charge in [0.25, 0.3) is 5.91 Å². The molecule has 0 bridgehead atoms. The maximum Gasteiger partial charge on any atom is 0.416 e. The predicted molar refractivity (Wildman–Crippen MR) is 67.6 cm³/mol. The van der Waals surface area contributed by atoms with Gasteiger partial charge < -0.3 is 11.5 Å². The summed E-state index contributed by atoms with van der Waals surface area (Å²) in [7, 11) is 0. The standard InChI is InChI=1S/C13H10F3N3O/c14-13(15,16)8-3-1-7(2-4-8)10-6-5-9(17)11(19-10)12(18)20/h1-6H,17H2,(H2,18,20). The van der Waals surface area contributed by atoms with Crippen LogP contribution in [0.2, 0.25) is 0 Å². The summed E-state index contributed by atoms with van der Waals surface area (Å²) in [4.78, 5) is 15.1. The summed E-state index contributed by atoms with van der Waals surface area (Å²) in [6.07, 6.45) is -4.40. The molecule has 4 N–H and O–H groups in total. The number of hydrogen-bond acceptors (Lipinski definition) is 3. The molecule has 1 amide bonds. The Morgan fingerprint density at radius 3 is 2.15 bits per heavy atom. The summed E-state index contributed by atoms with van der Waals surface area (Å²) in [5.74, 6) is -0.795. The van der Waals surface area contributed by atoms with Crippen LogP contribution in [0.1, 0.15) is 16.1 Å². The van der Waals surface area contributed by atoms with Crippen LogP contribution in [0.4, 0.5) is 18.9 Å². The molecule has 1 heterocycles. The largest absolute Gasteiger partial charge is 0.416 e. The van der Waals surface area contributed by atoms with Crippen molar-refractivity contribution in [3.63, 3.8) is 0 Å². The number of aromatic nitrogens is 1. The van der Waals surface area contributed by atoms with E-state index in [4.69, 9.17) is 11.5 Å². The van der Waals surface area contributed by atoms with Gasteiger partial charge in [-0.1, -0.05) is 12.1 Å². The van der Waals surface area contributed by atoms with Crippen LogP contribution in [-0.4, -0.2) is 10.9 Å². The van der Waals surface area contributed by atoms with Gasteiger partial charge in [0.15, 0.2) is 5.69 Å². The van der Waals surface area contributed by atoms with Gasteiger partial charge in [-0.3, -0.25) is 4.79 Å². The zero-order chi connectivity index (χ0) is 14.9. The number of nitrogens with two attached hydrogens (primary N) is 2. The van der Waals surface area contributed by atoms with Crippen molar-refractivity contribution >= 4 is 11.6 Å². The zero-order valence-electron chi connectivity index (χ0n) is 10.1. The number of hydrogen-bond donors (Lipinski definition) is 2. The maximum atomic E-state index is 12.5. The molecule has 2 aromatic rings. The first-order valence-corrected chi connectivity index (χ1v) is 5.53. The van der Waals surface area contributed by atoms with Crippen LogP contribution in [0.5, 0.6) is 0 Å². The predicted octanol–water partition coefficient (Wildman–Crippen LogP) is 2.45. The second-order valence-electron chi connectivity index (χ2n) is 4.07. The average molecular weight is 281 g/mol. The first kappa shape index (κ1) is 13.9. The fourth-order valence-corrected chi connectivity index (χ4v) is 1.66. The number of amides is 1. The normalized spacial score (nSPS) is 11.3. The molecule has 0 saturated carbocycles. The molecule has 2 rings (SSSR count). The minimum absolute atomic E-state index is 0.109. The van der Waals surface area contributed by atoms with Crippen molar-refractivity contribution in [3.8, 4) is 11.3 Å². The summed E-state index contributed by atoms with van der Waals surface area (Å²) in [6, 6.07) is 7.36. The molecule has 0 spiro atoms. The van der Waals surface area contributed by atoms with E-state index in [1.807, 2.05) is 0 Å². The van der Waals surface area contributed by atoms with E-state index in [1.165, 1.54) is 24.3 Å². The van der Waals surface area contributed by atoms with Crippen molar-refractivity contribution in [2.75, 3.05) is 5.73 Å². The van der Waals surface area contributed by atoms with Crippen molar-refractivity contribution in [2.24, 2.45) is 5.73 Å². The molecule has 20 heavy (non-hydrogen) atoms. The van der Waals surface area contributed by atoms with Gasteiger partial charge in [0, 0.05) is 5.56 Å². The second-order valence-corrected chi connectivity index (χ2v) is 4.07. The van der Waals surface area contributed by atoms with E-state index in [2.05, 4.69) is 4.98 Å². The first-order chi connectivity index (χ1) is 9.29. The highest BCUT2D eigenvalue weighted by atomic mass is 19.4. The van der Waals surface area contributed by atoms with Crippen molar-refractivity contribution in [1.82, 2.24) is 4.98 Å². The number of nitrogen functional groups attached to an aromatic ring is 1. The van der Waals surface area contributed by atoms with Crippen LogP contribution in [0.25, 0.3) is 11.3 Å². The van der Waals surface area contributed by atoms with Gasteiger partial charge in [-0.25, -0.2) is 4.98 Å². The topological polar surface area (TPSA) is 82.0 Å². The minimum Gasteiger partial charge on any atom is -0.397 e. The number of pyridine rings is 1. The summed E-state index contributed by atoms with van der Waals surface area (Å²) in [6.45, 7) is 0. The number of anilines is 1. The van der Waals surface area contributed by atoms with Crippen molar-refractivity contribution in [2.45, 2.75) is 6.18 Å². The lowest BCUT2D eigenvalue weighted by atomic mass is 10.1. The van der Waals surface area contributed by atoms with Crippen molar-refractivity contribution in [1.29, 1.82) is 0 Å². The van der Waals surface area contributed by atoms with E-state index in [0.717, 1.165) is 12.1 Å². The molecule has 7 heteroatoms. The number of halogens is 3. The molecular weight excluding hydrogens is 271 g/mol. The first-order valence-electron chi connectivity index (χ1n) is 5.53. The molecule has 0 fully saturated rings. The number of primary amides is 1. The maximum absolute atomic E-state index is 12.5. The Hall–Kier alpha value is -2.57. The third kappa shape index (κ3) is 2.71. The molecule has 0 aliphatic rings. The van der Waals surface area contributed by atoms with Gasteiger partial charge in [-0.15, -0.1) is 0 Å². The number of benzene rings is 1. The van der Waals surface area contributed by atoms with Crippen LogP contribution in [0.15, 0.2) is 36.4 Å². The van der Waals surface area contributed by atoms with Gasteiger partial charge in [0.2, 0.25) is 0 Å². The lowest BCUT2D eigenvalue weighted by Crippen LogP contribution is -2.15. The average Bonchev–Trinajstić information content (AvgIpc) is 2.38.